The summed E-state index contributed by atoms with van der Waals surface area (Å²) in [4.78, 5) is 24.5. The van der Waals surface area contributed by atoms with Gasteiger partial charge in [-0.05, 0) is 49.9 Å². The molecule has 3 aliphatic rings. The molecule has 3 fully saturated rings. The third kappa shape index (κ3) is 3.12. The Morgan fingerprint density at radius 2 is 1.90 bits per heavy atom. The Morgan fingerprint density at radius 1 is 1.14 bits per heavy atom. The molecule has 2 bridgehead atoms. The highest BCUT2D eigenvalue weighted by Gasteiger charge is 2.41. The van der Waals surface area contributed by atoms with E-state index in [0.29, 0.717) is 18.3 Å². The normalized spacial score (nSPS) is 32.8. The number of nitriles is 1. The molecule has 1 N–H and O–H groups in total. The minimum absolute atomic E-state index is 0.162. The molecule has 0 saturated heterocycles. The maximum absolute atomic E-state index is 12.3. The van der Waals surface area contributed by atoms with Gasteiger partial charge in [0.25, 0.3) is 0 Å². The van der Waals surface area contributed by atoms with E-state index < -0.39 is 5.92 Å². The van der Waals surface area contributed by atoms with E-state index in [1.54, 1.807) is 0 Å². The highest BCUT2D eigenvalue weighted by Crippen LogP contribution is 2.49. The van der Waals surface area contributed by atoms with Gasteiger partial charge in [0, 0.05) is 12.5 Å². The summed E-state index contributed by atoms with van der Waals surface area (Å²) in [7, 11) is 0. The summed E-state index contributed by atoms with van der Waals surface area (Å²) < 4.78 is 0. The molecular weight excluding hydrogens is 264 g/mol. The molecule has 0 aromatic carbocycles. The lowest BCUT2D eigenvalue weighted by atomic mass is 9.83. The molecule has 114 valence electrons. The molecule has 1 amide bonds. The molecular formula is C17H24N2O2. The molecule has 4 unspecified atom stereocenters. The number of rotatable bonds is 5. The largest absolute Gasteiger partial charge is 0.352 e. The first-order valence-corrected chi connectivity index (χ1v) is 8.40. The summed E-state index contributed by atoms with van der Waals surface area (Å²) in [5.74, 6) is 0.260. The molecule has 3 aliphatic carbocycles. The van der Waals surface area contributed by atoms with Crippen LogP contribution in [0.3, 0.4) is 0 Å². The van der Waals surface area contributed by atoms with Gasteiger partial charge < -0.3 is 5.32 Å². The number of nitrogens with one attached hydrogen (secondary N) is 1. The van der Waals surface area contributed by atoms with E-state index in [9.17, 15) is 14.9 Å². The van der Waals surface area contributed by atoms with Gasteiger partial charge in [-0.3, -0.25) is 9.59 Å². The predicted molar refractivity (Wildman–Crippen MR) is 78.1 cm³/mol. The summed E-state index contributed by atoms with van der Waals surface area (Å²) >= 11 is 0. The Morgan fingerprint density at radius 3 is 2.48 bits per heavy atom. The molecule has 0 aromatic heterocycles. The third-order valence-electron chi connectivity index (χ3n) is 5.76. The van der Waals surface area contributed by atoms with Crippen molar-refractivity contribution in [3.05, 3.63) is 0 Å². The number of Topliss-reactive ketones (excluding diaryl/α,β-unsaturated/α-hetero) is 1. The van der Waals surface area contributed by atoms with Crippen LogP contribution in [0.4, 0.5) is 0 Å². The number of nitrogens with zero attached hydrogens (tertiary/aromatic N) is 1. The van der Waals surface area contributed by atoms with Crippen molar-refractivity contribution in [3.8, 4) is 6.07 Å². The summed E-state index contributed by atoms with van der Waals surface area (Å²) in [5.41, 5.74) is 0. The van der Waals surface area contributed by atoms with Crippen LogP contribution in [0.2, 0.25) is 0 Å². The molecule has 3 rings (SSSR count). The molecule has 0 radical (unpaired) electrons. The summed E-state index contributed by atoms with van der Waals surface area (Å²) in [6.07, 6.45) is 9.55. The van der Waals surface area contributed by atoms with Gasteiger partial charge in [-0.15, -0.1) is 0 Å². The van der Waals surface area contributed by atoms with Gasteiger partial charge in [0.05, 0.1) is 6.07 Å². The topological polar surface area (TPSA) is 70.0 Å². The summed E-state index contributed by atoms with van der Waals surface area (Å²) in [5, 5.41) is 12.1. The second kappa shape index (κ2) is 6.17. The van der Waals surface area contributed by atoms with Gasteiger partial charge in [0.2, 0.25) is 5.91 Å². The molecule has 4 nitrogen and oxygen atoms in total. The van der Waals surface area contributed by atoms with Crippen molar-refractivity contribution in [1.29, 1.82) is 5.26 Å². The van der Waals surface area contributed by atoms with Crippen LogP contribution < -0.4 is 5.32 Å². The summed E-state index contributed by atoms with van der Waals surface area (Å²) in [6, 6.07) is 2.10. The highest BCUT2D eigenvalue weighted by atomic mass is 16.2. The number of carbonyl (C=O) groups excluding carboxylic acids is 2. The van der Waals surface area contributed by atoms with Gasteiger partial charge in [-0.2, -0.15) is 5.26 Å². The molecule has 0 spiro atoms. The van der Waals surface area contributed by atoms with Crippen molar-refractivity contribution in [3.63, 3.8) is 0 Å². The predicted octanol–water partition coefficient (Wildman–Crippen LogP) is 2.58. The number of carbonyl (C=O) groups is 2. The van der Waals surface area contributed by atoms with E-state index in [0.717, 1.165) is 38.0 Å². The lowest BCUT2D eigenvalue weighted by Crippen LogP contribution is -2.40. The van der Waals surface area contributed by atoms with Crippen molar-refractivity contribution in [2.24, 2.45) is 23.7 Å². The second-order valence-corrected chi connectivity index (χ2v) is 7.16. The van der Waals surface area contributed by atoms with E-state index in [-0.39, 0.29) is 17.7 Å². The van der Waals surface area contributed by atoms with Gasteiger partial charge in [0.15, 0.2) is 11.7 Å². The van der Waals surface area contributed by atoms with Gasteiger partial charge in [-0.25, -0.2) is 0 Å². The minimum Gasteiger partial charge on any atom is -0.352 e. The van der Waals surface area contributed by atoms with Crippen LogP contribution in [-0.2, 0) is 9.59 Å². The fourth-order valence-electron chi connectivity index (χ4n) is 4.63. The number of ketones is 1. The molecule has 4 atom stereocenters. The smallest absolute Gasteiger partial charge is 0.245 e. The number of fused-ring (bicyclic) bond motifs is 2. The van der Waals surface area contributed by atoms with Crippen molar-refractivity contribution in [2.45, 2.75) is 63.8 Å². The lowest BCUT2D eigenvalue weighted by molar-refractivity contribution is -0.132. The highest BCUT2D eigenvalue weighted by molar-refractivity contribution is 6.04. The number of hydrogen-bond donors (Lipinski definition) is 1. The first-order chi connectivity index (χ1) is 10.2. The molecule has 21 heavy (non-hydrogen) atoms. The van der Waals surface area contributed by atoms with Crippen LogP contribution in [0.25, 0.3) is 0 Å². The van der Waals surface area contributed by atoms with E-state index in [2.05, 4.69) is 5.32 Å². The van der Waals surface area contributed by atoms with Crippen LogP contribution in [0, 0.1) is 35.0 Å². The van der Waals surface area contributed by atoms with Gasteiger partial charge >= 0.3 is 0 Å². The Hall–Kier alpha value is -1.37. The van der Waals surface area contributed by atoms with E-state index >= 15 is 0 Å². The Kier molecular flexibility index (Phi) is 4.28. The van der Waals surface area contributed by atoms with Crippen LogP contribution in [-0.4, -0.2) is 17.7 Å². The van der Waals surface area contributed by atoms with Crippen LogP contribution in [0.1, 0.15) is 57.8 Å². The second-order valence-electron chi connectivity index (χ2n) is 7.16. The molecule has 0 aliphatic heterocycles. The fourth-order valence-corrected chi connectivity index (χ4v) is 4.63. The average molecular weight is 288 g/mol. The zero-order valence-corrected chi connectivity index (χ0v) is 12.5. The maximum Gasteiger partial charge on any atom is 0.245 e. The van der Waals surface area contributed by atoms with E-state index in [1.807, 2.05) is 6.07 Å². The van der Waals surface area contributed by atoms with Crippen molar-refractivity contribution in [2.75, 3.05) is 0 Å². The number of amides is 1. The Balaban J connectivity index is 1.53. The maximum atomic E-state index is 12.3. The van der Waals surface area contributed by atoms with Crippen LogP contribution in [0.15, 0.2) is 0 Å². The fraction of sp³-hybridized carbons (Fsp3) is 0.824. The minimum atomic E-state index is -1.09. The third-order valence-corrected chi connectivity index (χ3v) is 5.76. The van der Waals surface area contributed by atoms with E-state index in [1.165, 1.54) is 19.3 Å². The zero-order chi connectivity index (χ0) is 14.8. The first-order valence-electron chi connectivity index (χ1n) is 8.40. The van der Waals surface area contributed by atoms with Gasteiger partial charge in [0.1, 0.15) is 0 Å². The van der Waals surface area contributed by atoms with Gasteiger partial charge in [-0.1, -0.05) is 19.3 Å². The Labute approximate surface area is 126 Å². The molecule has 4 heteroatoms. The molecule has 0 heterocycles. The quantitative estimate of drug-likeness (QED) is 0.790. The standard InChI is InChI=1S/C17H24N2O2/c18-10-15(17(21)19-14-3-1-2-4-14)16(20)9-13-8-11-5-6-12(13)7-11/h11-15H,1-9H2,(H,19,21). The van der Waals surface area contributed by atoms with Crippen LogP contribution in [0.5, 0.6) is 0 Å². The van der Waals surface area contributed by atoms with E-state index in [4.69, 9.17) is 0 Å². The number of hydrogen-bond acceptors (Lipinski definition) is 3. The molecule has 0 aromatic rings. The SMILES string of the molecule is N#CC(C(=O)CC1CC2CCC1C2)C(=O)NC1CCCC1. The monoisotopic (exact) mass is 288 g/mol. The average Bonchev–Trinajstić information content (AvgIpc) is 3.16. The van der Waals surface area contributed by atoms with Crippen LogP contribution >= 0.6 is 0 Å². The van der Waals surface area contributed by atoms with Crippen molar-refractivity contribution in [1.82, 2.24) is 5.32 Å². The van der Waals surface area contributed by atoms with Crippen molar-refractivity contribution >= 4 is 11.7 Å². The Bertz CT molecular complexity index is 462. The first kappa shape index (κ1) is 14.6. The summed E-state index contributed by atoms with van der Waals surface area (Å²) in [6.45, 7) is 0. The molecule has 3 saturated carbocycles. The lowest BCUT2D eigenvalue weighted by Gasteiger charge is -2.22. The van der Waals surface area contributed by atoms with Crippen molar-refractivity contribution < 1.29 is 9.59 Å². The zero-order valence-electron chi connectivity index (χ0n) is 12.5.